The number of amidine groups is 1. The number of thioether (sulfide) groups is 1. The third-order valence-electron chi connectivity index (χ3n) is 3.66. The molecule has 2 heterocycles. The molecular formula is C15H15FN4S. The van der Waals surface area contributed by atoms with Gasteiger partial charge >= 0.3 is 0 Å². The zero-order chi connectivity index (χ0) is 14.9. The molecule has 4 nitrogen and oxygen atoms in total. The lowest BCUT2D eigenvalue weighted by atomic mass is 9.88. The Kier molecular flexibility index (Phi) is 3.63. The lowest BCUT2D eigenvalue weighted by Crippen LogP contribution is -2.28. The van der Waals surface area contributed by atoms with Crippen molar-refractivity contribution in [2.45, 2.75) is 18.9 Å². The predicted molar refractivity (Wildman–Crippen MR) is 83.5 cm³/mol. The molecule has 0 amide bonds. The van der Waals surface area contributed by atoms with Crippen LogP contribution < -0.4 is 5.73 Å². The van der Waals surface area contributed by atoms with Gasteiger partial charge in [-0.25, -0.2) is 14.4 Å². The van der Waals surface area contributed by atoms with Gasteiger partial charge in [-0.05, 0) is 31.0 Å². The maximum absolute atomic E-state index is 14.1. The second kappa shape index (κ2) is 5.44. The number of hydrogen-bond donors (Lipinski definition) is 1. The highest BCUT2D eigenvalue weighted by molar-refractivity contribution is 8.13. The van der Waals surface area contributed by atoms with Gasteiger partial charge in [0, 0.05) is 29.3 Å². The van der Waals surface area contributed by atoms with E-state index in [0.29, 0.717) is 16.3 Å². The molecule has 0 saturated heterocycles. The van der Waals surface area contributed by atoms with E-state index in [-0.39, 0.29) is 5.82 Å². The summed E-state index contributed by atoms with van der Waals surface area (Å²) in [6.07, 6.45) is 5.50. The fraction of sp³-hybridized carbons (Fsp3) is 0.267. The molecule has 1 unspecified atom stereocenters. The molecule has 2 aromatic rings. The van der Waals surface area contributed by atoms with E-state index >= 15 is 0 Å². The van der Waals surface area contributed by atoms with Crippen molar-refractivity contribution < 1.29 is 4.39 Å². The van der Waals surface area contributed by atoms with Crippen LogP contribution in [0.4, 0.5) is 4.39 Å². The highest BCUT2D eigenvalue weighted by Gasteiger charge is 2.30. The maximum Gasteiger partial charge on any atom is 0.154 e. The number of halogens is 1. The van der Waals surface area contributed by atoms with Crippen LogP contribution in [0.5, 0.6) is 0 Å². The highest BCUT2D eigenvalue weighted by Crippen LogP contribution is 2.37. The minimum Gasteiger partial charge on any atom is -0.379 e. The Morgan fingerprint density at radius 1 is 1.29 bits per heavy atom. The normalized spacial score (nSPS) is 21.9. The molecule has 0 saturated carbocycles. The second-order valence-corrected chi connectivity index (χ2v) is 6.26. The van der Waals surface area contributed by atoms with Crippen molar-refractivity contribution in [2.24, 2.45) is 10.7 Å². The number of aliphatic imine (C=N–C) groups is 1. The Morgan fingerprint density at radius 2 is 2.05 bits per heavy atom. The van der Waals surface area contributed by atoms with Crippen LogP contribution in [0.15, 0.2) is 41.9 Å². The monoisotopic (exact) mass is 302 g/mol. The number of aromatic nitrogens is 2. The lowest BCUT2D eigenvalue weighted by Gasteiger charge is -2.30. The maximum atomic E-state index is 14.1. The highest BCUT2D eigenvalue weighted by atomic mass is 32.2. The molecule has 1 atom stereocenters. The smallest absolute Gasteiger partial charge is 0.154 e. The first-order chi connectivity index (χ1) is 10.1. The van der Waals surface area contributed by atoms with Gasteiger partial charge in [0.2, 0.25) is 0 Å². The van der Waals surface area contributed by atoms with E-state index in [1.165, 1.54) is 12.4 Å². The molecular weight excluding hydrogens is 287 g/mol. The zero-order valence-electron chi connectivity index (χ0n) is 11.6. The number of nitrogens with two attached hydrogens (primary N) is 1. The molecule has 21 heavy (non-hydrogen) atoms. The second-order valence-electron chi connectivity index (χ2n) is 5.14. The van der Waals surface area contributed by atoms with Gasteiger partial charge in [-0.2, -0.15) is 0 Å². The van der Waals surface area contributed by atoms with Crippen LogP contribution in [0.3, 0.4) is 0 Å². The van der Waals surface area contributed by atoms with Gasteiger partial charge in [0.1, 0.15) is 12.1 Å². The average Bonchev–Trinajstić information content (AvgIpc) is 2.48. The minimum absolute atomic E-state index is 0.292. The Hall–Kier alpha value is -1.95. The fourth-order valence-corrected chi connectivity index (χ4v) is 3.39. The van der Waals surface area contributed by atoms with Gasteiger partial charge in [-0.3, -0.25) is 4.99 Å². The quantitative estimate of drug-likeness (QED) is 0.926. The van der Waals surface area contributed by atoms with Crippen LogP contribution in [0.2, 0.25) is 0 Å². The van der Waals surface area contributed by atoms with E-state index in [1.54, 1.807) is 30.2 Å². The molecule has 1 aliphatic rings. The van der Waals surface area contributed by atoms with Crippen LogP contribution >= 0.6 is 11.8 Å². The van der Waals surface area contributed by atoms with Crippen LogP contribution in [0, 0.1) is 5.82 Å². The topological polar surface area (TPSA) is 64.2 Å². The molecule has 2 N–H and O–H groups in total. The van der Waals surface area contributed by atoms with Crippen molar-refractivity contribution >= 4 is 16.9 Å². The molecule has 1 aromatic heterocycles. The summed E-state index contributed by atoms with van der Waals surface area (Å²) in [5.74, 6) is 0.617. The van der Waals surface area contributed by atoms with E-state index in [0.717, 1.165) is 17.7 Å². The van der Waals surface area contributed by atoms with Crippen molar-refractivity contribution in [3.05, 3.63) is 48.3 Å². The van der Waals surface area contributed by atoms with E-state index in [2.05, 4.69) is 15.0 Å². The molecule has 1 aliphatic heterocycles. The number of hydrogen-bond acceptors (Lipinski definition) is 5. The first kappa shape index (κ1) is 14.0. The summed E-state index contributed by atoms with van der Waals surface area (Å²) >= 11 is 1.55. The van der Waals surface area contributed by atoms with Gasteiger partial charge in [0.05, 0.1) is 5.54 Å². The lowest BCUT2D eigenvalue weighted by molar-refractivity contribution is 0.481. The predicted octanol–water partition coefficient (Wildman–Crippen LogP) is 2.95. The summed E-state index contributed by atoms with van der Waals surface area (Å²) in [7, 11) is 0. The largest absolute Gasteiger partial charge is 0.379 e. The first-order valence-electron chi connectivity index (χ1n) is 6.62. The molecule has 0 spiro atoms. The van der Waals surface area contributed by atoms with Gasteiger partial charge in [-0.1, -0.05) is 17.8 Å². The Balaban J connectivity index is 2.08. The third-order valence-corrected chi connectivity index (χ3v) is 4.45. The molecule has 108 valence electrons. The van der Waals surface area contributed by atoms with Gasteiger partial charge in [-0.15, -0.1) is 0 Å². The van der Waals surface area contributed by atoms with Crippen LogP contribution in [0.1, 0.15) is 18.9 Å². The Labute approximate surface area is 126 Å². The zero-order valence-corrected chi connectivity index (χ0v) is 12.4. The van der Waals surface area contributed by atoms with Gasteiger partial charge in [0.25, 0.3) is 0 Å². The molecule has 0 fully saturated rings. The fourth-order valence-electron chi connectivity index (χ4n) is 2.41. The SMILES string of the molecule is CC1(c2ccc(F)c(-c3cncnc3)c2)CCSC(N)=N1. The van der Waals surface area contributed by atoms with E-state index in [9.17, 15) is 4.39 Å². The molecule has 6 heteroatoms. The summed E-state index contributed by atoms with van der Waals surface area (Å²) in [6.45, 7) is 2.03. The van der Waals surface area contributed by atoms with Crippen LogP contribution in [-0.4, -0.2) is 20.9 Å². The third kappa shape index (κ3) is 2.76. The van der Waals surface area contributed by atoms with Crippen molar-refractivity contribution in [3.63, 3.8) is 0 Å². The van der Waals surface area contributed by atoms with E-state index < -0.39 is 5.54 Å². The summed E-state index contributed by atoms with van der Waals surface area (Å²) in [5, 5.41) is 0.581. The molecule has 0 aliphatic carbocycles. The Bertz CT molecular complexity index is 689. The number of rotatable bonds is 2. The first-order valence-corrected chi connectivity index (χ1v) is 7.61. The number of nitrogens with zero attached hydrogens (tertiary/aromatic N) is 3. The van der Waals surface area contributed by atoms with Gasteiger partial charge < -0.3 is 5.73 Å². The number of benzene rings is 1. The summed E-state index contributed by atoms with van der Waals surface area (Å²) in [5.41, 5.74) is 7.53. The Morgan fingerprint density at radius 3 is 2.76 bits per heavy atom. The van der Waals surface area contributed by atoms with Crippen molar-refractivity contribution in [2.75, 3.05) is 5.75 Å². The van der Waals surface area contributed by atoms with E-state index in [4.69, 9.17) is 5.73 Å². The average molecular weight is 302 g/mol. The summed E-state index contributed by atoms with van der Waals surface area (Å²) in [6, 6.07) is 5.06. The molecule has 0 bridgehead atoms. The summed E-state index contributed by atoms with van der Waals surface area (Å²) in [4.78, 5) is 12.4. The van der Waals surface area contributed by atoms with Crippen LogP contribution in [0.25, 0.3) is 11.1 Å². The molecule has 3 rings (SSSR count). The molecule has 1 aromatic carbocycles. The minimum atomic E-state index is -0.409. The summed E-state index contributed by atoms with van der Waals surface area (Å²) < 4.78 is 14.1. The van der Waals surface area contributed by atoms with Gasteiger partial charge in [0.15, 0.2) is 5.17 Å². The van der Waals surface area contributed by atoms with Crippen LogP contribution in [-0.2, 0) is 5.54 Å². The van der Waals surface area contributed by atoms with Crippen molar-refractivity contribution in [1.82, 2.24) is 9.97 Å². The molecule has 0 radical (unpaired) electrons. The van der Waals surface area contributed by atoms with E-state index in [1.807, 2.05) is 13.0 Å². The van der Waals surface area contributed by atoms with Crippen molar-refractivity contribution in [3.8, 4) is 11.1 Å². The standard InChI is InChI=1S/C15H15FN4S/c1-15(4-5-21-14(17)20-15)11-2-3-13(16)12(6-11)10-7-18-9-19-8-10/h2-3,6-9H,4-5H2,1H3,(H2,17,20). The van der Waals surface area contributed by atoms with Crippen molar-refractivity contribution in [1.29, 1.82) is 0 Å².